The first-order valence-electron chi connectivity index (χ1n) is 2.57. The molecule has 3 nitrogen and oxygen atoms in total. The van der Waals surface area contributed by atoms with Gasteiger partial charge in [0, 0.05) is 7.05 Å². The van der Waals surface area contributed by atoms with E-state index in [0.717, 1.165) is 0 Å². The maximum absolute atomic E-state index is 4.01. The summed E-state index contributed by atoms with van der Waals surface area (Å²) >= 11 is 0. The predicted octanol–water partition coefficient (Wildman–Crippen LogP) is 0.334. The number of aliphatic imine (C=N–C) groups is 2. The van der Waals surface area contributed by atoms with Gasteiger partial charge in [-0.05, 0) is 6.92 Å². The van der Waals surface area contributed by atoms with E-state index in [4.69, 9.17) is 0 Å². The Kier molecular flexibility index (Phi) is 1.28. The van der Waals surface area contributed by atoms with E-state index in [1.54, 1.807) is 12.7 Å². The maximum Gasteiger partial charge on any atom is 0.120 e. The molecule has 44 valence electrons. The molecule has 8 heavy (non-hydrogen) atoms. The lowest BCUT2D eigenvalue weighted by Gasteiger charge is -2.19. The van der Waals surface area contributed by atoms with Crippen LogP contribution in [-0.4, -0.2) is 30.8 Å². The molecule has 0 saturated carbocycles. The van der Waals surface area contributed by atoms with Gasteiger partial charge in [0.15, 0.2) is 0 Å². The highest BCUT2D eigenvalue weighted by Gasteiger charge is 2.02. The molecular weight excluding hydrogens is 102 g/mol. The van der Waals surface area contributed by atoms with E-state index in [1.165, 1.54) is 0 Å². The Morgan fingerprint density at radius 1 is 1.62 bits per heavy atom. The molecule has 0 aliphatic carbocycles. The third-order valence-corrected chi connectivity index (χ3v) is 1.19. The second-order valence-corrected chi connectivity index (χ2v) is 1.83. The number of nitrogens with zero attached hydrogens (tertiary/aromatic N) is 3. The fourth-order valence-corrected chi connectivity index (χ4v) is 0.472. The van der Waals surface area contributed by atoms with E-state index in [1.807, 2.05) is 18.9 Å². The zero-order chi connectivity index (χ0) is 5.98. The van der Waals surface area contributed by atoms with Gasteiger partial charge in [0.2, 0.25) is 0 Å². The van der Waals surface area contributed by atoms with Gasteiger partial charge in [0.05, 0.1) is 6.34 Å². The first kappa shape index (κ1) is 5.28. The van der Waals surface area contributed by atoms with E-state index >= 15 is 0 Å². The van der Waals surface area contributed by atoms with E-state index < -0.39 is 0 Å². The van der Waals surface area contributed by atoms with Gasteiger partial charge >= 0.3 is 0 Å². The van der Waals surface area contributed by atoms with E-state index in [2.05, 4.69) is 9.98 Å². The molecule has 1 atom stereocenters. The van der Waals surface area contributed by atoms with Crippen molar-refractivity contribution in [3.05, 3.63) is 0 Å². The molecule has 0 aromatic rings. The molecule has 0 fully saturated rings. The minimum Gasteiger partial charge on any atom is -0.344 e. The third-order valence-electron chi connectivity index (χ3n) is 1.19. The molecule has 0 spiro atoms. The van der Waals surface area contributed by atoms with Gasteiger partial charge in [0.1, 0.15) is 12.5 Å². The average molecular weight is 111 g/mol. The second kappa shape index (κ2) is 1.94. The van der Waals surface area contributed by atoms with Crippen molar-refractivity contribution in [1.82, 2.24) is 4.90 Å². The zero-order valence-corrected chi connectivity index (χ0v) is 5.07. The molecule has 0 bridgehead atoms. The number of hydrogen-bond donors (Lipinski definition) is 0. The monoisotopic (exact) mass is 111 g/mol. The number of rotatable bonds is 0. The third kappa shape index (κ3) is 0.857. The van der Waals surface area contributed by atoms with Crippen LogP contribution in [0.25, 0.3) is 0 Å². The molecular formula is C5H9N3. The summed E-state index contributed by atoms with van der Waals surface area (Å²) in [5.74, 6) is 0. The molecule has 0 aromatic heterocycles. The van der Waals surface area contributed by atoms with Crippen LogP contribution < -0.4 is 0 Å². The topological polar surface area (TPSA) is 28.0 Å². The second-order valence-electron chi connectivity index (χ2n) is 1.83. The smallest absolute Gasteiger partial charge is 0.120 e. The minimum atomic E-state index is 0.257. The van der Waals surface area contributed by atoms with Crippen LogP contribution >= 0.6 is 0 Å². The molecule has 0 amide bonds. The Labute approximate surface area is 48.7 Å². The van der Waals surface area contributed by atoms with Crippen LogP contribution in [0.4, 0.5) is 0 Å². The van der Waals surface area contributed by atoms with Crippen LogP contribution in [0.1, 0.15) is 6.92 Å². The van der Waals surface area contributed by atoms with Gasteiger partial charge in [-0.3, -0.25) is 0 Å². The first-order valence-corrected chi connectivity index (χ1v) is 2.57. The maximum atomic E-state index is 4.01. The molecule has 0 radical (unpaired) electrons. The Balaban J connectivity index is 2.59. The summed E-state index contributed by atoms with van der Waals surface area (Å²) in [4.78, 5) is 9.78. The van der Waals surface area contributed by atoms with Crippen LogP contribution in [0.15, 0.2) is 9.98 Å². The normalized spacial score (nSPS) is 26.8. The number of hydrogen-bond acceptors (Lipinski definition) is 3. The van der Waals surface area contributed by atoms with E-state index in [-0.39, 0.29) is 6.17 Å². The SMILES string of the molecule is CC1N=CN=CN1C. The Morgan fingerprint density at radius 2 is 2.38 bits per heavy atom. The van der Waals surface area contributed by atoms with Gasteiger partial charge in [-0.1, -0.05) is 0 Å². The van der Waals surface area contributed by atoms with Crippen molar-refractivity contribution < 1.29 is 0 Å². The fraction of sp³-hybridized carbons (Fsp3) is 0.600. The lowest BCUT2D eigenvalue weighted by Crippen LogP contribution is -2.28. The highest BCUT2D eigenvalue weighted by atomic mass is 15.3. The average Bonchev–Trinajstić information content (AvgIpc) is 1.77. The Bertz CT molecular complexity index is 112. The summed E-state index contributed by atoms with van der Waals surface area (Å²) < 4.78 is 0. The van der Waals surface area contributed by atoms with Crippen LogP contribution in [-0.2, 0) is 0 Å². The largest absolute Gasteiger partial charge is 0.344 e. The molecule has 0 N–H and O–H groups in total. The quantitative estimate of drug-likeness (QED) is 0.443. The van der Waals surface area contributed by atoms with Gasteiger partial charge in [-0.25, -0.2) is 9.98 Å². The van der Waals surface area contributed by atoms with Crippen molar-refractivity contribution in [3.63, 3.8) is 0 Å². The van der Waals surface area contributed by atoms with E-state index in [9.17, 15) is 0 Å². The van der Waals surface area contributed by atoms with Crippen LogP contribution in [0.5, 0.6) is 0 Å². The van der Waals surface area contributed by atoms with Gasteiger partial charge in [-0.15, -0.1) is 0 Å². The van der Waals surface area contributed by atoms with Crippen LogP contribution in [0, 0.1) is 0 Å². The summed E-state index contributed by atoms with van der Waals surface area (Å²) in [5, 5.41) is 0. The lowest BCUT2D eigenvalue weighted by molar-refractivity contribution is 0.411. The van der Waals surface area contributed by atoms with Gasteiger partial charge in [-0.2, -0.15) is 0 Å². The van der Waals surface area contributed by atoms with Crippen molar-refractivity contribution >= 4 is 12.7 Å². The van der Waals surface area contributed by atoms with Crippen LogP contribution in [0.2, 0.25) is 0 Å². The van der Waals surface area contributed by atoms with Crippen molar-refractivity contribution in [2.75, 3.05) is 7.05 Å². The van der Waals surface area contributed by atoms with Crippen molar-refractivity contribution in [2.24, 2.45) is 9.98 Å². The highest BCUT2D eigenvalue weighted by Crippen LogP contribution is 1.95. The molecule has 1 unspecified atom stereocenters. The van der Waals surface area contributed by atoms with E-state index in [0.29, 0.717) is 0 Å². The van der Waals surface area contributed by atoms with Gasteiger partial charge in [0.25, 0.3) is 0 Å². The molecule has 0 aromatic carbocycles. The molecule has 1 aliphatic heterocycles. The molecule has 1 aliphatic rings. The molecule has 1 rings (SSSR count). The Hall–Kier alpha value is -0.860. The van der Waals surface area contributed by atoms with Crippen LogP contribution in [0.3, 0.4) is 0 Å². The molecule has 3 heteroatoms. The van der Waals surface area contributed by atoms with Crippen molar-refractivity contribution in [1.29, 1.82) is 0 Å². The Morgan fingerprint density at radius 3 is 2.75 bits per heavy atom. The summed E-state index contributed by atoms with van der Waals surface area (Å²) in [5.41, 5.74) is 0. The van der Waals surface area contributed by atoms with Gasteiger partial charge < -0.3 is 4.90 Å². The fourth-order valence-electron chi connectivity index (χ4n) is 0.472. The predicted molar refractivity (Wildman–Crippen MR) is 34.2 cm³/mol. The molecule has 0 saturated heterocycles. The van der Waals surface area contributed by atoms with Crippen molar-refractivity contribution in [3.8, 4) is 0 Å². The lowest BCUT2D eigenvalue weighted by atomic mass is 10.5. The van der Waals surface area contributed by atoms with Crippen molar-refractivity contribution in [2.45, 2.75) is 13.1 Å². The highest BCUT2D eigenvalue weighted by molar-refractivity contribution is 5.73. The summed E-state index contributed by atoms with van der Waals surface area (Å²) in [6.07, 6.45) is 3.59. The molecule has 1 heterocycles. The minimum absolute atomic E-state index is 0.257. The summed E-state index contributed by atoms with van der Waals surface area (Å²) in [7, 11) is 1.95. The standard InChI is InChI=1S/C5H9N3/c1-5-7-3-6-4-8(5)2/h3-5H,1-2H3. The summed E-state index contributed by atoms with van der Waals surface area (Å²) in [6.45, 7) is 2.02. The summed E-state index contributed by atoms with van der Waals surface area (Å²) in [6, 6.07) is 0. The first-order chi connectivity index (χ1) is 3.80. The zero-order valence-electron chi connectivity index (χ0n) is 5.07.